The predicted molar refractivity (Wildman–Crippen MR) is 109 cm³/mol. The van der Waals surface area contributed by atoms with E-state index in [9.17, 15) is 9.59 Å². The molecule has 0 aliphatic heterocycles. The number of hydrogen-bond donors (Lipinski definition) is 2. The Labute approximate surface area is 163 Å². The maximum atomic E-state index is 12.4. The second-order valence-corrected chi connectivity index (χ2v) is 6.38. The Balaban J connectivity index is 1.63. The lowest BCUT2D eigenvalue weighted by molar-refractivity contribution is 0.0600. The van der Waals surface area contributed by atoms with Gasteiger partial charge in [-0.1, -0.05) is 6.07 Å². The number of ether oxygens (including phenoxy) is 1. The van der Waals surface area contributed by atoms with Crippen LogP contribution >= 0.6 is 0 Å². The summed E-state index contributed by atoms with van der Waals surface area (Å²) in [5.41, 5.74) is 4.85. The second kappa shape index (κ2) is 8.35. The Morgan fingerprint density at radius 2 is 1.54 bits per heavy atom. The van der Waals surface area contributed by atoms with Crippen LogP contribution in [0.25, 0.3) is 0 Å². The molecule has 0 aliphatic carbocycles. The SMILES string of the molecule is COC(=O)c1ccc(Nc2ccc(NC(=O)c3ccc(C)c(C)c3)nc2)cc1. The fourth-order valence-electron chi connectivity index (χ4n) is 2.59. The molecule has 3 rings (SSSR count). The lowest BCUT2D eigenvalue weighted by atomic mass is 10.1. The van der Waals surface area contributed by atoms with Gasteiger partial charge in [0.1, 0.15) is 5.82 Å². The van der Waals surface area contributed by atoms with Crippen LogP contribution in [-0.4, -0.2) is 24.0 Å². The normalized spacial score (nSPS) is 10.2. The number of nitrogens with zero attached hydrogens (tertiary/aromatic N) is 1. The highest BCUT2D eigenvalue weighted by Crippen LogP contribution is 2.18. The lowest BCUT2D eigenvalue weighted by Gasteiger charge is -2.09. The maximum absolute atomic E-state index is 12.4. The smallest absolute Gasteiger partial charge is 0.337 e. The van der Waals surface area contributed by atoms with Gasteiger partial charge in [-0.25, -0.2) is 9.78 Å². The van der Waals surface area contributed by atoms with Crippen molar-refractivity contribution in [1.82, 2.24) is 4.98 Å². The largest absolute Gasteiger partial charge is 0.465 e. The molecule has 0 atom stereocenters. The molecular weight excluding hydrogens is 354 g/mol. The summed E-state index contributed by atoms with van der Waals surface area (Å²) in [5, 5.41) is 5.98. The minimum absolute atomic E-state index is 0.199. The van der Waals surface area contributed by atoms with E-state index in [-0.39, 0.29) is 11.9 Å². The minimum atomic E-state index is -0.378. The van der Waals surface area contributed by atoms with E-state index in [2.05, 4.69) is 20.4 Å². The topological polar surface area (TPSA) is 80.3 Å². The number of benzene rings is 2. The van der Waals surface area contributed by atoms with Crippen molar-refractivity contribution in [3.05, 3.63) is 83.0 Å². The van der Waals surface area contributed by atoms with Gasteiger partial charge in [0.15, 0.2) is 0 Å². The molecule has 6 heteroatoms. The Bertz CT molecular complexity index is 997. The number of hydrogen-bond acceptors (Lipinski definition) is 5. The van der Waals surface area contributed by atoms with E-state index < -0.39 is 0 Å². The van der Waals surface area contributed by atoms with Crippen LogP contribution in [0.4, 0.5) is 17.2 Å². The summed E-state index contributed by atoms with van der Waals surface area (Å²) in [5.74, 6) is -0.110. The molecular formula is C22H21N3O3. The number of amides is 1. The average Bonchev–Trinajstić information content (AvgIpc) is 2.71. The fourth-order valence-corrected chi connectivity index (χ4v) is 2.59. The van der Waals surface area contributed by atoms with E-state index in [1.165, 1.54) is 7.11 Å². The monoisotopic (exact) mass is 375 g/mol. The van der Waals surface area contributed by atoms with Crippen molar-refractivity contribution < 1.29 is 14.3 Å². The molecule has 1 heterocycles. The molecule has 0 fully saturated rings. The van der Waals surface area contributed by atoms with Crippen molar-refractivity contribution in [3.63, 3.8) is 0 Å². The number of pyridine rings is 1. The second-order valence-electron chi connectivity index (χ2n) is 6.38. The number of aromatic nitrogens is 1. The number of anilines is 3. The highest BCUT2D eigenvalue weighted by Gasteiger charge is 2.08. The zero-order valence-corrected chi connectivity index (χ0v) is 15.9. The Hall–Kier alpha value is -3.67. The first-order valence-electron chi connectivity index (χ1n) is 8.76. The summed E-state index contributed by atoms with van der Waals surface area (Å²) in [6.45, 7) is 3.98. The number of aryl methyl sites for hydroxylation is 2. The van der Waals surface area contributed by atoms with Gasteiger partial charge in [-0.05, 0) is 73.5 Å². The third kappa shape index (κ3) is 4.54. The standard InChI is InChI=1S/C22H21N3O3/c1-14-4-5-17(12-15(14)2)21(26)25-20-11-10-19(13-23-20)24-18-8-6-16(7-9-18)22(27)28-3/h4-13,24H,1-3H3,(H,23,25,26). The van der Waals surface area contributed by atoms with Crippen LogP contribution in [-0.2, 0) is 4.74 Å². The van der Waals surface area contributed by atoms with E-state index in [1.807, 2.05) is 32.0 Å². The molecule has 0 saturated heterocycles. The number of carbonyl (C=O) groups is 2. The lowest BCUT2D eigenvalue weighted by Crippen LogP contribution is -2.13. The molecule has 1 aromatic heterocycles. The van der Waals surface area contributed by atoms with Gasteiger partial charge in [0.25, 0.3) is 5.91 Å². The van der Waals surface area contributed by atoms with E-state index >= 15 is 0 Å². The number of rotatable bonds is 5. The first-order valence-corrected chi connectivity index (χ1v) is 8.76. The molecule has 0 radical (unpaired) electrons. The predicted octanol–water partition coefficient (Wildman–Crippen LogP) is 4.48. The molecule has 2 N–H and O–H groups in total. The van der Waals surface area contributed by atoms with Gasteiger partial charge in [0, 0.05) is 11.3 Å². The zero-order chi connectivity index (χ0) is 20.1. The molecule has 28 heavy (non-hydrogen) atoms. The molecule has 6 nitrogen and oxygen atoms in total. The van der Waals surface area contributed by atoms with Crippen molar-refractivity contribution in [2.45, 2.75) is 13.8 Å². The summed E-state index contributed by atoms with van der Waals surface area (Å²) in [4.78, 5) is 28.1. The highest BCUT2D eigenvalue weighted by molar-refractivity contribution is 6.04. The van der Waals surface area contributed by atoms with Crippen LogP contribution in [0.5, 0.6) is 0 Å². The summed E-state index contributed by atoms with van der Waals surface area (Å²) in [6, 6.07) is 16.0. The summed E-state index contributed by atoms with van der Waals surface area (Å²) < 4.78 is 4.68. The molecule has 0 saturated carbocycles. The molecule has 0 unspecified atom stereocenters. The van der Waals surface area contributed by atoms with E-state index in [1.54, 1.807) is 42.6 Å². The molecule has 0 spiro atoms. The van der Waals surface area contributed by atoms with Gasteiger partial charge in [0.05, 0.1) is 24.6 Å². The third-order valence-corrected chi connectivity index (χ3v) is 4.37. The van der Waals surface area contributed by atoms with Crippen molar-refractivity contribution >= 4 is 29.1 Å². The zero-order valence-electron chi connectivity index (χ0n) is 15.9. The molecule has 3 aromatic rings. The van der Waals surface area contributed by atoms with Gasteiger partial charge < -0.3 is 15.4 Å². The van der Waals surface area contributed by atoms with Crippen LogP contribution in [0.1, 0.15) is 31.8 Å². The van der Waals surface area contributed by atoms with Gasteiger partial charge in [-0.15, -0.1) is 0 Å². The van der Waals surface area contributed by atoms with Crippen molar-refractivity contribution in [2.75, 3.05) is 17.7 Å². The molecule has 142 valence electrons. The number of methoxy groups -OCH3 is 1. The molecule has 0 bridgehead atoms. The Morgan fingerprint density at radius 3 is 2.14 bits per heavy atom. The van der Waals surface area contributed by atoms with Crippen LogP contribution in [0.15, 0.2) is 60.8 Å². The van der Waals surface area contributed by atoms with Gasteiger partial charge in [-0.2, -0.15) is 0 Å². The minimum Gasteiger partial charge on any atom is -0.465 e. The first kappa shape index (κ1) is 19.1. The summed E-state index contributed by atoms with van der Waals surface area (Å²) in [6.07, 6.45) is 1.63. The Morgan fingerprint density at radius 1 is 0.857 bits per heavy atom. The summed E-state index contributed by atoms with van der Waals surface area (Å²) in [7, 11) is 1.35. The van der Waals surface area contributed by atoms with Crippen LogP contribution in [0.2, 0.25) is 0 Å². The Kier molecular flexibility index (Phi) is 5.69. The van der Waals surface area contributed by atoms with Gasteiger partial charge in [-0.3, -0.25) is 4.79 Å². The van der Waals surface area contributed by atoms with Gasteiger partial charge >= 0.3 is 5.97 Å². The van der Waals surface area contributed by atoms with Crippen molar-refractivity contribution in [3.8, 4) is 0 Å². The quantitative estimate of drug-likeness (QED) is 0.643. The van der Waals surface area contributed by atoms with E-state index in [4.69, 9.17) is 0 Å². The van der Waals surface area contributed by atoms with Crippen molar-refractivity contribution in [2.24, 2.45) is 0 Å². The average molecular weight is 375 g/mol. The first-order chi connectivity index (χ1) is 13.5. The van der Waals surface area contributed by atoms with E-state index in [0.29, 0.717) is 16.9 Å². The maximum Gasteiger partial charge on any atom is 0.337 e. The van der Waals surface area contributed by atoms with Gasteiger partial charge in [0.2, 0.25) is 0 Å². The van der Waals surface area contributed by atoms with Crippen LogP contribution in [0.3, 0.4) is 0 Å². The third-order valence-electron chi connectivity index (χ3n) is 4.37. The number of carbonyl (C=O) groups excluding carboxylic acids is 2. The van der Waals surface area contributed by atoms with Crippen LogP contribution in [0, 0.1) is 13.8 Å². The summed E-state index contributed by atoms with van der Waals surface area (Å²) >= 11 is 0. The molecule has 0 aliphatic rings. The number of nitrogens with one attached hydrogen (secondary N) is 2. The highest BCUT2D eigenvalue weighted by atomic mass is 16.5. The molecule has 2 aromatic carbocycles. The van der Waals surface area contributed by atoms with E-state index in [0.717, 1.165) is 22.5 Å². The fraction of sp³-hybridized carbons (Fsp3) is 0.136. The number of esters is 1. The molecule has 1 amide bonds. The van der Waals surface area contributed by atoms with Crippen molar-refractivity contribution in [1.29, 1.82) is 0 Å². The van der Waals surface area contributed by atoms with Crippen LogP contribution < -0.4 is 10.6 Å².